The van der Waals surface area contributed by atoms with Gasteiger partial charge in [0.1, 0.15) is 4.83 Å². The lowest BCUT2D eigenvalue weighted by molar-refractivity contribution is -0.126. The number of hydrogen-bond acceptors (Lipinski definition) is 5. The fraction of sp³-hybridized carbons (Fsp3) is 0.611. The third-order valence-corrected chi connectivity index (χ3v) is 6.01. The maximum atomic E-state index is 13.0. The molecule has 1 unspecified atom stereocenters. The molecule has 0 spiro atoms. The molecule has 2 aromatic heterocycles. The minimum absolute atomic E-state index is 0. The van der Waals surface area contributed by atoms with E-state index >= 15 is 0 Å². The molecule has 0 radical (unpaired) electrons. The Hall–Kier alpha value is -1.64. The second-order valence-corrected chi connectivity index (χ2v) is 8.19. The number of nitrogens with one attached hydrogen (secondary N) is 1. The van der Waals surface area contributed by atoms with Crippen LogP contribution in [-0.4, -0.2) is 52.7 Å². The molecule has 0 aromatic carbocycles. The van der Waals surface area contributed by atoms with Crippen molar-refractivity contribution in [3.8, 4) is 0 Å². The van der Waals surface area contributed by atoms with Crippen molar-refractivity contribution in [1.29, 1.82) is 0 Å². The highest BCUT2D eigenvalue weighted by molar-refractivity contribution is 7.20. The Kier molecular flexibility index (Phi) is 7.25. The average Bonchev–Trinajstić information content (AvgIpc) is 3.19. The second-order valence-electron chi connectivity index (χ2n) is 7.16. The Morgan fingerprint density at radius 2 is 2.19 bits per heavy atom. The first kappa shape index (κ1) is 21.7. The summed E-state index contributed by atoms with van der Waals surface area (Å²) in [4.78, 5) is 28.8. The van der Waals surface area contributed by atoms with Crippen molar-refractivity contribution in [2.45, 2.75) is 32.6 Å². The van der Waals surface area contributed by atoms with Gasteiger partial charge in [-0.3, -0.25) is 14.3 Å². The summed E-state index contributed by atoms with van der Waals surface area (Å²) < 4.78 is 1.85. The van der Waals surface area contributed by atoms with Gasteiger partial charge in [0.15, 0.2) is 0 Å². The van der Waals surface area contributed by atoms with Gasteiger partial charge in [-0.05, 0) is 24.8 Å². The van der Waals surface area contributed by atoms with E-state index in [2.05, 4.69) is 24.3 Å². The van der Waals surface area contributed by atoms with E-state index < -0.39 is 0 Å². The van der Waals surface area contributed by atoms with Gasteiger partial charge in [-0.2, -0.15) is 5.10 Å². The standard InChI is InChI=1S/C18H27N5O2S.ClH/c1-11(2)15-13-9-14(26-18(13)22(3)21-15)17(25)23-8-4-5-12(10-23)16(24)20-7-6-19;/h9,11-12H,4-8,10,19H2,1-3H3,(H,20,24);1H. The molecule has 7 nitrogen and oxygen atoms in total. The zero-order valence-corrected chi connectivity index (χ0v) is 17.7. The van der Waals surface area contributed by atoms with Crippen LogP contribution >= 0.6 is 23.7 Å². The minimum Gasteiger partial charge on any atom is -0.355 e. The lowest BCUT2D eigenvalue weighted by Gasteiger charge is -2.31. The molecule has 9 heteroatoms. The first-order valence-corrected chi connectivity index (χ1v) is 9.97. The van der Waals surface area contributed by atoms with Gasteiger partial charge >= 0.3 is 0 Å². The summed E-state index contributed by atoms with van der Waals surface area (Å²) in [5, 5.41) is 8.46. The molecule has 2 amide bonds. The van der Waals surface area contributed by atoms with Gasteiger partial charge in [-0.15, -0.1) is 23.7 Å². The Labute approximate surface area is 169 Å². The van der Waals surface area contributed by atoms with Crippen molar-refractivity contribution in [1.82, 2.24) is 20.0 Å². The number of carbonyl (C=O) groups excluding carboxylic acids is 2. The quantitative estimate of drug-likeness (QED) is 0.784. The van der Waals surface area contributed by atoms with Crippen LogP contribution in [0.1, 0.15) is 48.0 Å². The highest BCUT2D eigenvalue weighted by Crippen LogP contribution is 2.32. The molecule has 0 bridgehead atoms. The van der Waals surface area contributed by atoms with Crippen molar-refractivity contribution >= 4 is 45.8 Å². The molecule has 1 aliphatic rings. The molecule has 0 aliphatic carbocycles. The number of nitrogens with zero attached hydrogens (tertiary/aromatic N) is 3. The molecule has 150 valence electrons. The van der Waals surface area contributed by atoms with Crippen molar-refractivity contribution in [2.24, 2.45) is 18.7 Å². The molecule has 1 fully saturated rings. The van der Waals surface area contributed by atoms with Gasteiger partial charge in [0.2, 0.25) is 5.91 Å². The molecular weight excluding hydrogens is 386 g/mol. The minimum atomic E-state index is -0.151. The fourth-order valence-electron chi connectivity index (χ4n) is 3.47. The highest BCUT2D eigenvalue weighted by atomic mass is 35.5. The topological polar surface area (TPSA) is 93.2 Å². The number of piperidine rings is 1. The zero-order chi connectivity index (χ0) is 18.8. The highest BCUT2D eigenvalue weighted by Gasteiger charge is 2.30. The van der Waals surface area contributed by atoms with Crippen LogP contribution in [0.4, 0.5) is 0 Å². The van der Waals surface area contributed by atoms with Crippen LogP contribution in [0.15, 0.2) is 6.07 Å². The van der Waals surface area contributed by atoms with Crippen LogP contribution in [0.3, 0.4) is 0 Å². The summed E-state index contributed by atoms with van der Waals surface area (Å²) in [7, 11) is 1.91. The average molecular weight is 414 g/mol. The Bertz CT molecular complexity index is 816. The molecule has 2 aromatic rings. The smallest absolute Gasteiger partial charge is 0.264 e. The maximum absolute atomic E-state index is 13.0. The Balaban J connectivity index is 0.00000261. The summed E-state index contributed by atoms with van der Waals surface area (Å²) in [6, 6.07) is 1.96. The second kappa shape index (κ2) is 9.03. The van der Waals surface area contributed by atoms with Crippen molar-refractivity contribution in [3.05, 3.63) is 16.6 Å². The first-order valence-electron chi connectivity index (χ1n) is 9.15. The normalized spacial score (nSPS) is 17.2. The number of halogens is 1. The third kappa shape index (κ3) is 4.44. The summed E-state index contributed by atoms with van der Waals surface area (Å²) in [5.74, 6) is 0.163. The number of nitrogens with two attached hydrogens (primary N) is 1. The molecule has 3 N–H and O–H groups in total. The Morgan fingerprint density at radius 3 is 2.85 bits per heavy atom. The number of thiophene rings is 1. The molecule has 1 saturated heterocycles. The van der Waals surface area contributed by atoms with Crippen LogP contribution in [0.25, 0.3) is 10.2 Å². The maximum Gasteiger partial charge on any atom is 0.264 e. The van der Waals surface area contributed by atoms with Gasteiger partial charge in [-0.25, -0.2) is 0 Å². The zero-order valence-electron chi connectivity index (χ0n) is 16.0. The SMILES string of the molecule is CC(C)c1nn(C)c2sc(C(=O)N3CCCC(C(=O)NCCN)C3)cc12.Cl. The number of amides is 2. The molecule has 3 heterocycles. The molecule has 27 heavy (non-hydrogen) atoms. The van der Waals surface area contributed by atoms with E-state index in [1.54, 1.807) is 0 Å². The van der Waals surface area contributed by atoms with Crippen LogP contribution in [0.2, 0.25) is 0 Å². The monoisotopic (exact) mass is 413 g/mol. The predicted molar refractivity (Wildman–Crippen MR) is 111 cm³/mol. The lowest BCUT2D eigenvalue weighted by atomic mass is 9.97. The predicted octanol–water partition coefficient (Wildman–Crippen LogP) is 2.11. The van der Waals surface area contributed by atoms with E-state index in [0.29, 0.717) is 32.1 Å². The van der Waals surface area contributed by atoms with E-state index in [1.807, 2.05) is 22.7 Å². The molecular formula is C18H28ClN5O2S. The van der Waals surface area contributed by atoms with Gasteiger partial charge in [-0.1, -0.05) is 13.8 Å². The van der Waals surface area contributed by atoms with Crippen LogP contribution in [-0.2, 0) is 11.8 Å². The molecule has 3 rings (SSSR count). The number of hydrogen-bond donors (Lipinski definition) is 2. The van der Waals surface area contributed by atoms with Gasteiger partial charge in [0, 0.05) is 38.6 Å². The van der Waals surface area contributed by atoms with Crippen molar-refractivity contribution < 1.29 is 9.59 Å². The summed E-state index contributed by atoms with van der Waals surface area (Å²) in [6.45, 7) is 6.29. The van der Waals surface area contributed by atoms with E-state index in [0.717, 1.165) is 33.6 Å². The van der Waals surface area contributed by atoms with Crippen molar-refractivity contribution in [3.63, 3.8) is 0 Å². The lowest BCUT2D eigenvalue weighted by Crippen LogP contribution is -2.46. The summed E-state index contributed by atoms with van der Waals surface area (Å²) in [6.07, 6.45) is 1.66. The van der Waals surface area contributed by atoms with Crippen LogP contribution < -0.4 is 11.1 Å². The third-order valence-electron chi connectivity index (χ3n) is 4.82. The first-order chi connectivity index (χ1) is 12.4. The van der Waals surface area contributed by atoms with E-state index in [-0.39, 0.29) is 30.1 Å². The number of carbonyl (C=O) groups is 2. The van der Waals surface area contributed by atoms with Crippen molar-refractivity contribution in [2.75, 3.05) is 26.2 Å². The summed E-state index contributed by atoms with van der Waals surface area (Å²) in [5.41, 5.74) is 6.47. The summed E-state index contributed by atoms with van der Waals surface area (Å²) >= 11 is 1.48. The van der Waals surface area contributed by atoms with E-state index in [4.69, 9.17) is 5.73 Å². The van der Waals surface area contributed by atoms with Gasteiger partial charge in [0.25, 0.3) is 5.91 Å². The molecule has 1 aliphatic heterocycles. The van der Waals surface area contributed by atoms with Gasteiger partial charge in [0.05, 0.1) is 16.5 Å². The number of rotatable bonds is 5. The van der Waals surface area contributed by atoms with Gasteiger partial charge < -0.3 is 16.0 Å². The number of likely N-dealkylation sites (tertiary alicyclic amines) is 1. The fourth-order valence-corrected chi connectivity index (χ4v) is 4.52. The Morgan fingerprint density at radius 1 is 1.44 bits per heavy atom. The molecule has 0 saturated carbocycles. The number of aryl methyl sites for hydroxylation is 1. The largest absolute Gasteiger partial charge is 0.355 e. The van der Waals surface area contributed by atoms with E-state index in [9.17, 15) is 9.59 Å². The number of aromatic nitrogens is 2. The molecule has 1 atom stereocenters. The van der Waals surface area contributed by atoms with E-state index in [1.165, 1.54) is 11.3 Å². The van der Waals surface area contributed by atoms with Crippen LogP contribution in [0, 0.1) is 5.92 Å². The van der Waals surface area contributed by atoms with Crippen LogP contribution in [0.5, 0.6) is 0 Å². The number of fused-ring (bicyclic) bond motifs is 1.